The van der Waals surface area contributed by atoms with E-state index in [0.717, 1.165) is 10.0 Å². The number of allylic oxidation sites excluding steroid dienone is 1. The number of ether oxygens (including phenoxy) is 2. The number of H-pyrrole nitrogens is 1. The van der Waals surface area contributed by atoms with Crippen LogP contribution in [0.2, 0.25) is 0 Å². The second kappa shape index (κ2) is 5.65. The van der Waals surface area contributed by atoms with Crippen molar-refractivity contribution in [3.05, 3.63) is 52.0 Å². The molecule has 0 saturated heterocycles. The number of fused-ring (bicyclic) bond motifs is 2. The predicted molar refractivity (Wildman–Crippen MR) is 89.8 cm³/mol. The van der Waals surface area contributed by atoms with E-state index in [9.17, 15) is 9.65 Å². The van der Waals surface area contributed by atoms with E-state index in [4.69, 9.17) is 9.47 Å². The molecule has 0 radical (unpaired) electrons. The van der Waals surface area contributed by atoms with E-state index >= 15 is 0 Å². The summed E-state index contributed by atoms with van der Waals surface area (Å²) < 4.78 is 24.7. The largest absolute Gasteiger partial charge is 0.454 e. The van der Waals surface area contributed by atoms with Crippen LogP contribution in [0.15, 0.2) is 34.8 Å². The SMILES string of the molecule is N#C/C(=C\c1cc2c(cc1Br)OCO2)c1nc2ccc(F)cc2[nH]1. The molecular weight excluding hydrogens is 377 g/mol. The molecular formula is C17H9BrFN3O2. The van der Waals surface area contributed by atoms with Crippen LogP contribution in [0.25, 0.3) is 22.7 Å². The number of halogens is 2. The molecule has 0 aliphatic carbocycles. The minimum Gasteiger partial charge on any atom is -0.454 e. The Morgan fingerprint density at radius 1 is 1.29 bits per heavy atom. The number of nitriles is 1. The molecule has 1 N–H and O–H groups in total. The monoisotopic (exact) mass is 385 g/mol. The van der Waals surface area contributed by atoms with Gasteiger partial charge in [0.25, 0.3) is 0 Å². The maximum Gasteiger partial charge on any atom is 0.231 e. The van der Waals surface area contributed by atoms with Crippen molar-refractivity contribution >= 4 is 38.6 Å². The molecule has 5 nitrogen and oxygen atoms in total. The van der Waals surface area contributed by atoms with Crippen LogP contribution in [0, 0.1) is 17.1 Å². The van der Waals surface area contributed by atoms with Crippen molar-refractivity contribution in [1.29, 1.82) is 5.26 Å². The Morgan fingerprint density at radius 2 is 2.08 bits per heavy atom. The molecule has 3 aromatic rings. The maximum absolute atomic E-state index is 13.3. The quantitative estimate of drug-likeness (QED) is 0.669. The molecule has 0 atom stereocenters. The maximum atomic E-state index is 13.3. The van der Waals surface area contributed by atoms with Crippen LogP contribution >= 0.6 is 15.9 Å². The molecule has 0 amide bonds. The number of aromatic amines is 1. The highest BCUT2D eigenvalue weighted by Crippen LogP contribution is 2.38. The van der Waals surface area contributed by atoms with Crippen LogP contribution in [0.3, 0.4) is 0 Å². The predicted octanol–water partition coefficient (Wildman–Crippen LogP) is 4.26. The summed E-state index contributed by atoms with van der Waals surface area (Å²) in [5, 5.41) is 9.48. The molecule has 0 saturated carbocycles. The highest BCUT2D eigenvalue weighted by Gasteiger charge is 2.16. The van der Waals surface area contributed by atoms with Gasteiger partial charge in [-0.3, -0.25) is 0 Å². The van der Waals surface area contributed by atoms with Crippen molar-refractivity contribution in [3.8, 4) is 17.6 Å². The number of nitrogens with one attached hydrogen (secondary N) is 1. The minimum atomic E-state index is -0.362. The van der Waals surface area contributed by atoms with Gasteiger partial charge in [0.1, 0.15) is 17.7 Å². The summed E-state index contributed by atoms with van der Waals surface area (Å²) in [4.78, 5) is 7.31. The number of rotatable bonds is 2. The first-order chi connectivity index (χ1) is 11.6. The third kappa shape index (κ3) is 2.51. The molecule has 1 aromatic heterocycles. The number of benzene rings is 2. The van der Waals surface area contributed by atoms with E-state index in [1.807, 2.05) is 0 Å². The number of imidazole rings is 1. The highest BCUT2D eigenvalue weighted by molar-refractivity contribution is 9.10. The summed E-state index contributed by atoms with van der Waals surface area (Å²) >= 11 is 3.45. The zero-order valence-electron chi connectivity index (χ0n) is 12.1. The lowest BCUT2D eigenvalue weighted by molar-refractivity contribution is 0.174. The Hall–Kier alpha value is -2.85. The average Bonchev–Trinajstić information content (AvgIpc) is 3.17. The number of hydrogen-bond donors (Lipinski definition) is 1. The number of hydrogen-bond acceptors (Lipinski definition) is 4. The van der Waals surface area contributed by atoms with Crippen LogP contribution in [0.5, 0.6) is 11.5 Å². The normalized spacial score (nSPS) is 13.3. The molecule has 0 fully saturated rings. The van der Waals surface area contributed by atoms with Gasteiger partial charge >= 0.3 is 0 Å². The van der Waals surface area contributed by atoms with E-state index in [-0.39, 0.29) is 12.6 Å². The van der Waals surface area contributed by atoms with Crippen molar-refractivity contribution in [3.63, 3.8) is 0 Å². The third-order valence-corrected chi connectivity index (χ3v) is 4.30. The first-order valence-corrected chi connectivity index (χ1v) is 7.80. The van der Waals surface area contributed by atoms with Gasteiger partial charge in [-0.15, -0.1) is 0 Å². The molecule has 4 rings (SSSR count). The minimum absolute atomic E-state index is 0.176. The van der Waals surface area contributed by atoms with Crippen molar-refractivity contribution in [2.24, 2.45) is 0 Å². The molecule has 0 spiro atoms. The number of nitrogens with zero attached hydrogens (tertiary/aromatic N) is 2. The van der Waals surface area contributed by atoms with Gasteiger partial charge in [0.05, 0.1) is 16.6 Å². The molecule has 0 bridgehead atoms. The Bertz CT molecular complexity index is 1040. The van der Waals surface area contributed by atoms with Gasteiger partial charge in [0.2, 0.25) is 6.79 Å². The fraction of sp³-hybridized carbons (Fsp3) is 0.0588. The van der Waals surface area contributed by atoms with Gasteiger partial charge in [0.15, 0.2) is 11.5 Å². The lowest BCUT2D eigenvalue weighted by atomic mass is 10.1. The van der Waals surface area contributed by atoms with Gasteiger partial charge < -0.3 is 14.5 Å². The lowest BCUT2D eigenvalue weighted by Crippen LogP contribution is -1.92. The molecule has 2 aromatic carbocycles. The summed E-state index contributed by atoms with van der Waals surface area (Å²) in [6.45, 7) is 0.176. The van der Waals surface area contributed by atoms with Gasteiger partial charge in [-0.1, -0.05) is 15.9 Å². The van der Waals surface area contributed by atoms with Crippen molar-refractivity contribution < 1.29 is 13.9 Å². The average molecular weight is 386 g/mol. The van der Waals surface area contributed by atoms with Crippen molar-refractivity contribution in [2.45, 2.75) is 0 Å². The van der Waals surface area contributed by atoms with Crippen molar-refractivity contribution in [2.75, 3.05) is 6.79 Å². The second-order valence-electron chi connectivity index (χ2n) is 5.14. The Balaban J connectivity index is 1.80. The van der Waals surface area contributed by atoms with E-state index in [2.05, 4.69) is 32.0 Å². The highest BCUT2D eigenvalue weighted by atomic mass is 79.9. The molecule has 1 aliphatic heterocycles. The van der Waals surface area contributed by atoms with Crippen LogP contribution < -0.4 is 9.47 Å². The Morgan fingerprint density at radius 3 is 2.88 bits per heavy atom. The summed E-state index contributed by atoms with van der Waals surface area (Å²) in [6, 6.07) is 9.93. The summed E-state index contributed by atoms with van der Waals surface area (Å²) in [5.74, 6) is 1.28. The zero-order valence-corrected chi connectivity index (χ0v) is 13.7. The van der Waals surface area contributed by atoms with Gasteiger partial charge in [-0.25, -0.2) is 9.37 Å². The molecule has 0 unspecified atom stereocenters. The second-order valence-corrected chi connectivity index (χ2v) is 6.00. The lowest BCUT2D eigenvalue weighted by Gasteiger charge is -2.02. The molecule has 1 aliphatic rings. The van der Waals surface area contributed by atoms with Gasteiger partial charge in [-0.05, 0) is 42.0 Å². The van der Waals surface area contributed by atoms with Gasteiger partial charge in [-0.2, -0.15) is 5.26 Å². The van der Waals surface area contributed by atoms with Crippen LogP contribution in [-0.2, 0) is 0 Å². The van der Waals surface area contributed by atoms with Crippen LogP contribution in [0.1, 0.15) is 11.4 Å². The van der Waals surface area contributed by atoms with Crippen molar-refractivity contribution in [1.82, 2.24) is 9.97 Å². The fourth-order valence-electron chi connectivity index (χ4n) is 2.46. The standard InChI is InChI=1S/C17H9BrFN3O2/c18-12-6-16-15(23-8-24-16)4-9(12)3-10(7-20)17-21-13-2-1-11(19)5-14(13)22-17/h1-6H,8H2,(H,21,22)/b10-3+. The Labute approximate surface area is 144 Å². The van der Waals surface area contributed by atoms with E-state index in [0.29, 0.717) is 33.9 Å². The Kier molecular flexibility index (Phi) is 3.47. The van der Waals surface area contributed by atoms with Gasteiger partial charge in [0, 0.05) is 4.47 Å². The first kappa shape index (κ1) is 14.7. The summed E-state index contributed by atoms with van der Waals surface area (Å²) in [7, 11) is 0. The topological polar surface area (TPSA) is 70.9 Å². The summed E-state index contributed by atoms with van der Waals surface area (Å²) in [6.07, 6.45) is 1.68. The molecule has 24 heavy (non-hydrogen) atoms. The number of aromatic nitrogens is 2. The zero-order chi connectivity index (χ0) is 16.7. The first-order valence-electron chi connectivity index (χ1n) is 7.00. The smallest absolute Gasteiger partial charge is 0.231 e. The summed E-state index contributed by atoms with van der Waals surface area (Å²) in [5.41, 5.74) is 2.21. The molecule has 7 heteroatoms. The molecule has 118 valence electrons. The fourth-order valence-corrected chi connectivity index (χ4v) is 2.90. The van der Waals surface area contributed by atoms with E-state index < -0.39 is 0 Å². The third-order valence-electron chi connectivity index (χ3n) is 3.61. The molecule has 2 heterocycles. The van der Waals surface area contributed by atoms with E-state index in [1.165, 1.54) is 12.1 Å². The van der Waals surface area contributed by atoms with Crippen LogP contribution in [-0.4, -0.2) is 16.8 Å². The van der Waals surface area contributed by atoms with E-state index in [1.54, 1.807) is 24.3 Å². The van der Waals surface area contributed by atoms with Crippen LogP contribution in [0.4, 0.5) is 4.39 Å².